The number of piperidine rings is 1. The van der Waals surface area contributed by atoms with Crippen molar-refractivity contribution in [3.8, 4) is 0 Å². The van der Waals surface area contributed by atoms with Gasteiger partial charge < -0.3 is 20.0 Å². The van der Waals surface area contributed by atoms with Gasteiger partial charge in [-0.15, -0.1) is 23.7 Å². The molecule has 2 N–H and O–H groups in total. The number of nitrogens with zero attached hydrogens (tertiary/aromatic N) is 2. The molecule has 1 saturated heterocycles. The lowest BCUT2D eigenvalue weighted by Crippen LogP contribution is -2.26. The molecule has 0 aliphatic carbocycles. The second kappa shape index (κ2) is 9.80. The molecule has 2 aromatic rings. The second-order valence-corrected chi connectivity index (χ2v) is 8.43. The summed E-state index contributed by atoms with van der Waals surface area (Å²) in [5.74, 6) is 0.393. The molecule has 0 spiro atoms. The Labute approximate surface area is 176 Å². The third-order valence-corrected chi connectivity index (χ3v) is 6.25. The summed E-state index contributed by atoms with van der Waals surface area (Å²) in [6, 6.07) is 7.55. The average molecular weight is 442 g/mol. The maximum Gasteiger partial charge on any atom is 0.160 e. The van der Waals surface area contributed by atoms with Crippen LogP contribution in [-0.4, -0.2) is 38.4 Å². The van der Waals surface area contributed by atoms with Crippen LogP contribution in [-0.2, 0) is 15.9 Å². The van der Waals surface area contributed by atoms with Crippen molar-refractivity contribution in [2.75, 3.05) is 24.3 Å². The first kappa shape index (κ1) is 21.2. The zero-order valence-electron chi connectivity index (χ0n) is 15.1. The number of benzene rings is 1. The van der Waals surface area contributed by atoms with Crippen molar-refractivity contribution in [1.29, 1.82) is 0 Å². The molecular formula is C18H22ClN4O3S2-. The molecular weight excluding hydrogens is 420 g/mol. The number of nitrogens with one attached hydrogen (secondary N) is 2. The van der Waals surface area contributed by atoms with Crippen LogP contribution >= 0.6 is 23.7 Å². The van der Waals surface area contributed by atoms with Gasteiger partial charge >= 0.3 is 0 Å². The van der Waals surface area contributed by atoms with Gasteiger partial charge in [0.25, 0.3) is 0 Å². The third kappa shape index (κ3) is 4.90. The molecule has 2 atom stereocenters. The minimum atomic E-state index is -2.16. The number of rotatable bonds is 6. The highest BCUT2D eigenvalue weighted by Gasteiger charge is 2.28. The van der Waals surface area contributed by atoms with Crippen LogP contribution in [0.25, 0.3) is 0 Å². The van der Waals surface area contributed by atoms with Crippen LogP contribution in [0.3, 0.4) is 0 Å². The van der Waals surface area contributed by atoms with Gasteiger partial charge in [-0.1, -0.05) is 23.4 Å². The molecule has 10 heteroatoms. The minimum absolute atomic E-state index is 0. The molecule has 0 saturated carbocycles. The Hall–Kier alpha value is -1.52. The summed E-state index contributed by atoms with van der Waals surface area (Å²) in [6.07, 6.45) is 2.62. The van der Waals surface area contributed by atoms with Crippen LogP contribution in [0.2, 0.25) is 0 Å². The maximum atomic E-state index is 10.8. The van der Waals surface area contributed by atoms with E-state index in [1.807, 2.05) is 24.3 Å². The van der Waals surface area contributed by atoms with Gasteiger partial charge in [0.2, 0.25) is 0 Å². The standard InChI is InChI=1S/C18H22N4O3S2.ClH/c23-27(24)11-20-14-4-2-1-3-13(14)17-9-15(22-25-17)16-10-26-18(21-16)12-5-7-19-8-6-12;/h1-4,10,12,17,19-20H,5-9,11H2,(H,23,24);1H/p-1. The van der Waals surface area contributed by atoms with Crippen molar-refractivity contribution < 1.29 is 13.6 Å². The zero-order chi connectivity index (χ0) is 18.6. The number of hydrogen-bond acceptors (Lipinski definition) is 8. The zero-order valence-corrected chi connectivity index (χ0v) is 17.6. The van der Waals surface area contributed by atoms with Crippen molar-refractivity contribution in [1.82, 2.24) is 10.3 Å². The van der Waals surface area contributed by atoms with Gasteiger partial charge in [-0.25, -0.2) is 4.98 Å². The Balaban J connectivity index is 0.00000225. The molecule has 0 radical (unpaired) electrons. The first-order chi connectivity index (χ1) is 13.2. The molecule has 3 heterocycles. The lowest BCUT2D eigenvalue weighted by atomic mass is 9.99. The highest BCUT2D eigenvalue weighted by atomic mass is 35.5. The molecule has 152 valence electrons. The van der Waals surface area contributed by atoms with E-state index in [0.29, 0.717) is 12.3 Å². The Bertz CT molecular complexity index is 855. The summed E-state index contributed by atoms with van der Waals surface area (Å²) in [4.78, 5) is 10.5. The fourth-order valence-electron chi connectivity index (χ4n) is 3.45. The second-order valence-electron chi connectivity index (χ2n) is 6.64. The summed E-state index contributed by atoms with van der Waals surface area (Å²) in [6.45, 7) is 2.09. The van der Waals surface area contributed by atoms with Gasteiger partial charge in [0, 0.05) is 29.0 Å². The Kier molecular flexibility index (Phi) is 7.42. The SMILES string of the molecule is Cl.O=S([O-])CNc1ccccc1C1CC(c2csc(C3CCNCC3)n2)=NO1. The number of halogens is 1. The highest BCUT2D eigenvalue weighted by molar-refractivity contribution is 7.79. The molecule has 2 aliphatic heterocycles. The molecule has 0 amide bonds. The Morgan fingerprint density at radius 2 is 2.11 bits per heavy atom. The molecule has 2 unspecified atom stereocenters. The lowest BCUT2D eigenvalue weighted by molar-refractivity contribution is 0.0862. The van der Waals surface area contributed by atoms with Crippen LogP contribution in [0.5, 0.6) is 0 Å². The molecule has 4 rings (SSSR count). The van der Waals surface area contributed by atoms with E-state index in [0.717, 1.165) is 48.6 Å². The Morgan fingerprint density at radius 1 is 1.32 bits per heavy atom. The van der Waals surface area contributed by atoms with Gasteiger partial charge in [-0.2, -0.15) is 0 Å². The van der Waals surface area contributed by atoms with Crippen LogP contribution in [0.1, 0.15) is 47.5 Å². The number of para-hydroxylation sites is 1. The van der Waals surface area contributed by atoms with E-state index >= 15 is 0 Å². The summed E-state index contributed by atoms with van der Waals surface area (Å²) in [5, 5.41) is 13.8. The first-order valence-electron chi connectivity index (χ1n) is 8.98. The predicted molar refractivity (Wildman–Crippen MR) is 113 cm³/mol. The van der Waals surface area contributed by atoms with E-state index < -0.39 is 11.1 Å². The molecule has 1 aromatic carbocycles. The van der Waals surface area contributed by atoms with Crippen molar-refractivity contribution in [3.63, 3.8) is 0 Å². The summed E-state index contributed by atoms with van der Waals surface area (Å²) in [5.41, 5.74) is 3.38. The lowest BCUT2D eigenvalue weighted by Gasteiger charge is -2.20. The number of aromatic nitrogens is 1. The van der Waals surface area contributed by atoms with Crippen LogP contribution in [0.15, 0.2) is 34.8 Å². The number of oxime groups is 1. The van der Waals surface area contributed by atoms with E-state index in [1.165, 1.54) is 5.01 Å². The fourth-order valence-corrected chi connectivity index (χ4v) is 4.72. The topological polar surface area (TPSA) is 98.7 Å². The van der Waals surface area contributed by atoms with Crippen LogP contribution < -0.4 is 10.6 Å². The van der Waals surface area contributed by atoms with Crippen LogP contribution in [0.4, 0.5) is 5.69 Å². The van der Waals surface area contributed by atoms with Crippen molar-refractivity contribution in [2.45, 2.75) is 31.3 Å². The van der Waals surface area contributed by atoms with E-state index in [2.05, 4.69) is 21.2 Å². The van der Waals surface area contributed by atoms with Gasteiger partial charge in [0.1, 0.15) is 5.71 Å². The normalized spacial score (nSPS) is 20.8. The number of hydrogen-bond donors (Lipinski definition) is 2. The molecule has 1 aromatic heterocycles. The monoisotopic (exact) mass is 441 g/mol. The van der Waals surface area contributed by atoms with Crippen molar-refractivity contribution >= 4 is 46.2 Å². The van der Waals surface area contributed by atoms with E-state index in [4.69, 9.17) is 9.82 Å². The van der Waals surface area contributed by atoms with Gasteiger partial charge in [-0.05, 0) is 43.1 Å². The van der Waals surface area contributed by atoms with E-state index in [9.17, 15) is 8.76 Å². The number of anilines is 1. The number of thiazole rings is 1. The average Bonchev–Trinajstić information content (AvgIpc) is 3.37. The van der Waals surface area contributed by atoms with Crippen LogP contribution in [0, 0.1) is 0 Å². The highest BCUT2D eigenvalue weighted by Crippen LogP contribution is 2.35. The van der Waals surface area contributed by atoms with Gasteiger partial charge in [0.05, 0.1) is 16.6 Å². The predicted octanol–water partition coefficient (Wildman–Crippen LogP) is 3.15. The molecule has 7 nitrogen and oxygen atoms in total. The maximum absolute atomic E-state index is 10.8. The minimum Gasteiger partial charge on any atom is -0.771 e. The summed E-state index contributed by atoms with van der Waals surface area (Å²) >= 11 is -0.458. The van der Waals surface area contributed by atoms with Crippen molar-refractivity contribution in [2.24, 2.45) is 5.16 Å². The molecule has 28 heavy (non-hydrogen) atoms. The Morgan fingerprint density at radius 3 is 2.89 bits per heavy atom. The molecule has 2 aliphatic rings. The van der Waals surface area contributed by atoms with Crippen molar-refractivity contribution in [3.05, 3.63) is 45.9 Å². The summed E-state index contributed by atoms with van der Waals surface area (Å²) < 4.78 is 21.7. The van der Waals surface area contributed by atoms with Gasteiger partial charge in [-0.3, -0.25) is 4.21 Å². The van der Waals surface area contributed by atoms with Gasteiger partial charge in [0.15, 0.2) is 6.10 Å². The smallest absolute Gasteiger partial charge is 0.160 e. The van der Waals surface area contributed by atoms with E-state index in [-0.39, 0.29) is 24.4 Å². The third-order valence-electron chi connectivity index (χ3n) is 4.86. The fraction of sp³-hybridized carbons (Fsp3) is 0.444. The summed E-state index contributed by atoms with van der Waals surface area (Å²) in [7, 11) is 0. The molecule has 0 bridgehead atoms. The molecule has 1 fully saturated rings. The quantitative estimate of drug-likeness (QED) is 0.668. The largest absolute Gasteiger partial charge is 0.771 e. The van der Waals surface area contributed by atoms with E-state index in [1.54, 1.807) is 11.3 Å². The first-order valence-corrected chi connectivity index (χ1v) is 11.1.